The number of rotatable bonds is 32. The summed E-state index contributed by atoms with van der Waals surface area (Å²) in [6.45, 7) is 25.9. The van der Waals surface area contributed by atoms with Gasteiger partial charge in [0.15, 0.2) is 0 Å². The highest BCUT2D eigenvalue weighted by molar-refractivity contribution is 8.00. The summed E-state index contributed by atoms with van der Waals surface area (Å²) < 4.78 is 35.8. The highest BCUT2D eigenvalue weighted by atomic mass is 32.2. The van der Waals surface area contributed by atoms with Crippen molar-refractivity contribution in [3.05, 3.63) is 94.5 Å². The Bertz CT molecular complexity index is 2580. The third-order valence-electron chi connectivity index (χ3n) is 12.9. The molecule has 21 heteroatoms. The summed E-state index contributed by atoms with van der Waals surface area (Å²) in [5.41, 5.74) is -1.60. The fraction of sp³-hybridized carbons (Fsp3) is 0.656. The molecule has 1 saturated heterocycles. The van der Waals surface area contributed by atoms with Gasteiger partial charge in [-0.1, -0.05) is 73.5 Å². The second kappa shape index (κ2) is 35.3. The maximum atomic E-state index is 13.2. The topological polar surface area (TPSA) is 218 Å². The highest BCUT2D eigenvalue weighted by Crippen LogP contribution is 2.31. The maximum Gasteiger partial charge on any atom is 0.410 e. The zero-order valence-electron chi connectivity index (χ0n) is 53.0. The first-order valence-electron chi connectivity index (χ1n) is 30.3. The second-order valence-electron chi connectivity index (χ2n) is 25.5. The molecule has 2 aromatic carbocycles. The number of nitrogens with zero attached hydrogens (tertiary/aromatic N) is 6. The van der Waals surface area contributed by atoms with Gasteiger partial charge >= 0.3 is 36.0 Å². The van der Waals surface area contributed by atoms with Crippen LogP contribution in [0, 0.1) is 0 Å². The lowest BCUT2D eigenvalue weighted by molar-refractivity contribution is -0.147. The molecule has 1 aromatic heterocycles. The number of anilines is 1. The molecular weight excluding hydrogens is 1110 g/mol. The van der Waals surface area contributed by atoms with Crippen LogP contribution >= 0.6 is 11.8 Å². The van der Waals surface area contributed by atoms with Gasteiger partial charge in [0, 0.05) is 77.1 Å². The predicted molar refractivity (Wildman–Crippen MR) is 331 cm³/mol. The van der Waals surface area contributed by atoms with Gasteiger partial charge in [-0.3, -0.25) is 14.2 Å². The Balaban J connectivity index is 1.13. The zero-order valence-corrected chi connectivity index (χ0v) is 53.8. The molecule has 0 spiro atoms. The average molecular weight is 1210 g/mol. The first kappa shape index (κ1) is 71.1. The van der Waals surface area contributed by atoms with Crippen LogP contribution < -0.4 is 11.0 Å². The molecule has 3 aromatic rings. The van der Waals surface area contributed by atoms with Crippen molar-refractivity contribution in [2.75, 3.05) is 56.9 Å². The first-order chi connectivity index (χ1) is 40.0. The molecule has 20 nitrogen and oxygen atoms in total. The number of carbonyl (C=O) groups excluding carboxylic acids is 6. The van der Waals surface area contributed by atoms with Crippen molar-refractivity contribution in [1.29, 1.82) is 0 Å². The molecular formula is C64H99N7O13S. The van der Waals surface area contributed by atoms with Gasteiger partial charge in [0.1, 0.15) is 46.5 Å². The third kappa shape index (κ3) is 30.5. The van der Waals surface area contributed by atoms with E-state index in [9.17, 15) is 33.6 Å². The van der Waals surface area contributed by atoms with Gasteiger partial charge in [-0.25, -0.2) is 24.0 Å². The lowest BCUT2D eigenvalue weighted by Gasteiger charge is -2.28. The van der Waals surface area contributed by atoms with E-state index in [0.717, 1.165) is 43.2 Å². The smallest absolute Gasteiger partial charge is 0.410 e. The first-order valence-corrected chi connectivity index (χ1v) is 31.4. The lowest BCUT2D eigenvalue weighted by atomic mass is 10.1. The van der Waals surface area contributed by atoms with E-state index < -0.39 is 45.9 Å². The Labute approximate surface area is 509 Å². The number of aromatic nitrogens is 2. The maximum absolute atomic E-state index is 13.2. The molecule has 0 radical (unpaired) electrons. The summed E-state index contributed by atoms with van der Waals surface area (Å²) in [5, 5.41) is 2.72. The number of carbonyl (C=O) groups is 6. The zero-order chi connectivity index (χ0) is 62.6. The van der Waals surface area contributed by atoms with Crippen molar-refractivity contribution in [3.8, 4) is 0 Å². The summed E-state index contributed by atoms with van der Waals surface area (Å²) >= 11 is 1.42. The molecule has 4 rings (SSSR count). The molecule has 0 unspecified atom stereocenters. The fourth-order valence-electron chi connectivity index (χ4n) is 8.87. The molecule has 0 saturated carbocycles. The Kier molecular flexibility index (Phi) is 29.6. The number of thioether (sulfide) groups is 1. The SMILES string of the molecule is CC(C)(C)OC(=O)N(CCCCCC(=O)Nc1ccn([C@@H]2CS[C@H](COC(=O)CCCCCN(CCCCCN(Cc3ccccc3)C(=O)OC(C)(C)C)C(=O)OC(C)(C)C)O2)c(=O)n1)CCCCCN(Cc1ccccc1)C(=O)OC(C)(C)C. The number of benzene rings is 2. The average Bonchev–Trinajstić information content (AvgIpc) is 4.10. The van der Waals surface area contributed by atoms with Crippen LogP contribution in [0.1, 0.15) is 190 Å². The van der Waals surface area contributed by atoms with Crippen LogP contribution in [0.5, 0.6) is 0 Å². The minimum absolute atomic E-state index is 0.0111. The van der Waals surface area contributed by atoms with Crippen LogP contribution in [0.15, 0.2) is 77.7 Å². The van der Waals surface area contributed by atoms with Crippen molar-refractivity contribution < 1.29 is 57.2 Å². The summed E-state index contributed by atoms with van der Waals surface area (Å²) in [6.07, 6.45) is 8.07. The predicted octanol–water partition coefficient (Wildman–Crippen LogP) is 13.1. The van der Waals surface area contributed by atoms with E-state index in [1.54, 1.807) is 25.7 Å². The van der Waals surface area contributed by atoms with Crippen LogP contribution in [-0.2, 0) is 51.1 Å². The van der Waals surface area contributed by atoms with E-state index in [2.05, 4.69) is 10.3 Å². The van der Waals surface area contributed by atoms with E-state index in [4.69, 9.17) is 28.4 Å². The third-order valence-corrected chi connectivity index (χ3v) is 14.0. The molecule has 1 fully saturated rings. The van der Waals surface area contributed by atoms with E-state index in [1.165, 1.54) is 22.5 Å². The summed E-state index contributed by atoms with van der Waals surface area (Å²) in [5.74, 6) is -0.102. The van der Waals surface area contributed by atoms with Gasteiger partial charge in [0.05, 0.1) is 0 Å². The monoisotopic (exact) mass is 1210 g/mol. The van der Waals surface area contributed by atoms with E-state index in [1.807, 2.05) is 144 Å². The molecule has 0 bridgehead atoms. The van der Waals surface area contributed by atoms with Crippen LogP contribution in [0.4, 0.5) is 25.0 Å². The van der Waals surface area contributed by atoms with Gasteiger partial charge in [-0.05, 0) is 164 Å². The molecule has 5 amide bonds. The fourth-order valence-corrected chi connectivity index (χ4v) is 9.86. The summed E-state index contributed by atoms with van der Waals surface area (Å²) in [7, 11) is 0. The Morgan fingerprint density at radius 2 is 0.906 bits per heavy atom. The molecule has 474 valence electrons. The van der Waals surface area contributed by atoms with E-state index in [0.29, 0.717) is 103 Å². The van der Waals surface area contributed by atoms with Crippen LogP contribution in [0.3, 0.4) is 0 Å². The van der Waals surface area contributed by atoms with Crippen molar-refractivity contribution >= 4 is 53.8 Å². The molecule has 1 aliphatic rings. The largest absolute Gasteiger partial charge is 0.462 e. The Hall–Kier alpha value is -6.35. The van der Waals surface area contributed by atoms with Gasteiger partial charge < -0.3 is 53.3 Å². The van der Waals surface area contributed by atoms with Gasteiger partial charge in [-0.15, -0.1) is 11.8 Å². The van der Waals surface area contributed by atoms with E-state index in [-0.39, 0.29) is 55.4 Å². The molecule has 2 atom stereocenters. The summed E-state index contributed by atoms with van der Waals surface area (Å²) in [6, 6.07) is 21.1. The number of nitrogens with one attached hydrogen (secondary N) is 1. The van der Waals surface area contributed by atoms with Gasteiger partial charge in [0.2, 0.25) is 5.91 Å². The second-order valence-corrected chi connectivity index (χ2v) is 26.7. The van der Waals surface area contributed by atoms with E-state index >= 15 is 0 Å². The van der Waals surface area contributed by atoms with Crippen molar-refractivity contribution in [2.24, 2.45) is 0 Å². The molecule has 1 aliphatic heterocycles. The standard InChI is InChI=1S/C64H99N7O13S/c1-61(2,3)81-57(75)67(40-27-17-29-42-69(59(77)83-63(7,8)9)45-49-31-19-13-20-32-49)38-25-15-23-35-52(72)65-51-37-44-71(56(74)66-51)53-48-85-55(80-53)47-79-54(73)36-24-16-26-39-68(58(76)82-62(4,5)6)41-28-18-30-43-70(60(78)84-64(10,11)12)46-50-33-21-14-22-34-50/h13-14,19-22,31-34,37,44,53,55H,15-18,23-30,35-36,38-43,45-48H2,1-12H3,(H,65,66,72,74)/t53-,55+/m0/s1. The number of unbranched alkanes of at least 4 members (excludes halogenated alkanes) is 8. The highest BCUT2D eigenvalue weighted by Gasteiger charge is 2.30. The molecule has 0 aliphatic carbocycles. The molecule has 1 N–H and O–H groups in total. The van der Waals surface area contributed by atoms with Crippen LogP contribution in [0.25, 0.3) is 0 Å². The van der Waals surface area contributed by atoms with Gasteiger partial charge in [0.25, 0.3) is 0 Å². The minimum Gasteiger partial charge on any atom is -0.462 e. The lowest BCUT2D eigenvalue weighted by Crippen LogP contribution is -2.38. The van der Waals surface area contributed by atoms with Gasteiger partial charge in [-0.2, -0.15) is 4.98 Å². The quantitative estimate of drug-likeness (QED) is 0.0349. The molecule has 2 heterocycles. The van der Waals surface area contributed by atoms with Crippen molar-refractivity contribution in [1.82, 2.24) is 29.2 Å². The molecule has 85 heavy (non-hydrogen) atoms. The van der Waals surface area contributed by atoms with Crippen LogP contribution in [-0.4, -0.2) is 145 Å². The van der Waals surface area contributed by atoms with Crippen molar-refractivity contribution in [2.45, 2.75) is 220 Å². The Morgan fingerprint density at radius 3 is 1.31 bits per heavy atom. The minimum atomic E-state index is -0.663. The number of esters is 1. The van der Waals surface area contributed by atoms with Crippen LogP contribution in [0.2, 0.25) is 0 Å². The van der Waals surface area contributed by atoms with Crippen molar-refractivity contribution in [3.63, 3.8) is 0 Å². The number of amides is 5. The number of hydrogen-bond donors (Lipinski definition) is 1. The number of ether oxygens (including phenoxy) is 6. The Morgan fingerprint density at radius 1 is 0.529 bits per heavy atom. The number of hydrogen-bond acceptors (Lipinski definition) is 15. The summed E-state index contributed by atoms with van der Waals surface area (Å²) in [4.78, 5) is 102. The normalized spacial score (nSPS) is 14.4.